The molecule has 34 heavy (non-hydrogen) atoms. The average Bonchev–Trinajstić information content (AvgIpc) is 3.10. The lowest BCUT2D eigenvalue weighted by molar-refractivity contribution is -0.202. The highest BCUT2D eigenvalue weighted by Crippen LogP contribution is 2.55. The van der Waals surface area contributed by atoms with E-state index in [2.05, 4.69) is 5.32 Å². The van der Waals surface area contributed by atoms with Crippen LogP contribution < -0.4 is 10.1 Å². The van der Waals surface area contributed by atoms with Gasteiger partial charge in [0.05, 0.1) is 13.5 Å². The first-order valence-corrected chi connectivity index (χ1v) is 11.8. The van der Waals surface area contributed by atoms with Crippen molar-refractivity contribution < 1.29 is 28.6 Å². The predicted octanol–water partition coefficient (Wildman–Crippen LogP) is 2.50. The molecule has 0 aromatic heterocycles. The van der Waals surface area contributed by atoms with E-state index < -0.39 is 33.8 Å². The molecule has 0 bridgehead atoms. The Morgan fingerprint density at radius 3 is 2.32 bits per heavy atom. The van der Waals surface area contributed by atoms with Crippen molar-refractivity contribution in [3.05, 3.63) is 65.7 Å². The van der Waals surface area contributed by atoms with Crippen molar-refractivity contribution in [2.75, 3.05) is 14.2 Å². The number of benzene rings is 2. The van der Waals surface area contributed by atoms with Crippen LogP contribution in [0.2, 0.25) is 0 Å². The number of methoxy groups -OCH3 is 2. The Morgan fingerprint density at radius 2 is 1.71 bits per heavy atom. The molecule has 2 saturated heterocycles. The third kappa shape index (κ3) is 4.25. The molecule has 0 saturated carbocycles. The van der Waals surface area contributed by atoms with E-state index in [1.165, 1.54) is 23.8 Å². The summed E-state index contributed by atoms with van der Waals surface area (Å²) in [4.78, 5) is 40.5. The Hall–Kier alpha value is -3.04. The van der Waals surface area contributed by atoms with E-state index in [1.54, 1.807) is 19.2 Å². The number of ether oxygens (including phenoxy) is 3. The van der Waals surface area contributed by atoms with Gasteiger partial charge in [-0.05, 0) is 37.1 Å². The highest BCUT2D eigenvalue weighted by Gasteiger charge is 2.73. The summed E-state index contributed by atoms with van der Waals surface area (Å²) in [7, 11) is 2.97. The van der Waals surface area contributed by atoms with Gasteiger partial charge in [0.1, 0.15) is 23.8 Å². The summed E-state index contributed by atoms with van der Waals surface area (Å²) in [5.41, 5.74) is 0.122. The van der Waals surface area contributed by atoms with E-state index in [0.29, 0.717) is 5.75 Å². The topological polar surface area (TPSA) is 94.2 Å². The number of nitrogens with zero attached hydrogens (tertiary/aromatic N) is 1. The molecule has 2 fully saturated rings. The summed E-state index contributed by atoms with van der Waals surface area (Å²) >= 11 is 1.41. The van der Waals surface area contributed by atoms with Gasteiger partial charge in [0.15, 0.2) is 0 Å². The molecule has 180 valence electrons. The van der Waals surface area contributed by atoms with Gasteiger partial charge in [-0.2, -0.15) is 0 Å². The van der Waals surface area contributed by atoms with E-state index in [4.69, 9.17) is 14.2 Å². The van der Waals surface area contributed by atoms with Crippen LogP contribution in [0.1, 0.15) is 25.0 Å². The highest BCUT2D eigenvalue weighted by atomic mass is 32.2. The van der Waals surface area contributed by atoms with E-state index in [9.17, 15) is 14.4 Å². The number of β-lactam (4-membered cyclic amide) rings is 1. The molecular weight excluding hydrogens is 456 g/mol. The zero-order valence-electron chi connectivity index (χ0n) is 19.6. The second-order valence-corrected chi connectivity index (χ2v) is 10.5. The minimum Gasteiger partial charge on any atom is -0.497 e. The number of hydrogen-bond acceptors (Lipinski definition) is 7. The first kappa shape index (κ1) is 24.1. The predicted molar refractivity (Wildman–Crippen MR) is 127 cm³/mol. The third-order valence-corrected chi connectivity index (χ3v) is 7.74. The molecule has 4 rings (SSSR count). The van der Waals surface area contributed by atoms with Crippen LogP contribution in [-0.4, -0.2) is 58.8 Å². The fourth-order valence-corrected chi connectivity index (χ4v) is 6.02. The first-order chi connectivity index (χ1) is 16.2. The van der Waals surface area contributed by atoms with E-state index in [0.717, 1.165) is 11.1 Å². The summed E-state index contributed by atoms with van der Waals surface area (Å²) in [5.74, 6) is -0.567. The van der Waals surface area contributed by atoms with Crippen molar-refractivity contribution in [3.63, 3.8) is 0 Å². The molecule has 2 aromatic rings. The molecule has 0 radical (unpaired) electrons. The van der Waals surface area contributed by atoms with Crippen LogP contribution >= 0.6 is 11.8 Å². The number of nitrogens with one attached hydrogen (secondary N) is 1. The molecule has 9 heteroatoms. The Balaban J connectivity index is 1.45. The van der Waals surface area contributed by atoms with Gasteiger partial charge in [-0.15, -0.1) is 11.8 Å². The SMILES string of the molecule is COc1ccc(COC(=O)[C@@H]2N3C(=O)[C@](NC(=O)Cc4ccccc4)(OC)[C@H]3SC2(C)C)cc1. The van der Waals surface area contributed by atoms with E-state index in [-0.39, 0.29) is 18.9 Å². The number of rotatable bonds is 8. The molecule has 2 aliphatic rings. The van der Waals surface area contributed by atoms with Crippen LogP contribution in [0.15, 0.2) is 54.6 Å². The molecule has 0 unspecified atom stereocenters. The fourth-order valence-electron chi connectivity index (χ4n) is 4.35. The second-order valence-electron chi connectivity index (χ2n) is 8.79. The number of amides is 2. The number of carbonyl (C=O) groups is 3. The van der Waals surface area contributed by atoms with Gasteiger partial charge >= 0.3 is 5.97 Å². The van der Waals surface area contributed by atoms with Gasteiger partial charge in [-0.1, -0.05) is 42.5 Å². The molecule has 3 atom stereocenters. The molecule has 2 heterocycles. The normalized spacial score (nSPS) is 24.7. The zero-order chi connectivity index (χ0) is 24.5. The van der Waals surface area contributed by atoms with Gasteiger partial charge < -0.3 is 24.4 Å². The molecule has 0 spiro atoms. The van der Waals surface area contributed by atoms with E-state index in [1.807, 2.05) is 56.3 Å². The van der Waals surface area contributed by atoms with Crippen LogP contribution in [0.3, 0.4) is 0 Å². The highest BCUT2D eigenvalue weighted by molar-refractivity contribution is 8.01. The lowest BCUT2D eigenvalue weighted by Gasteiger charge is -2.51. The molecule has 2 amide bonds. The van der Waals surface area contributed by atoms with Gasteiger partial charge in [0, 0.05) is 11.9 Å². The van der Waals surface area contributed by atoms with Gasteiger partial charge in [0.25, 0.3) is 11.6 Å². The number of carbonyl (C=O) groups excluding carboxylic acids is 3. The second kappa shape index (κ2) is 9.31. The fraction of sp³-hybridized carbons (Fsp3) is 0.400. The minimum absolute atomic E-state index is 0.0794. The monoisotopic (exact) mass is 484 g/mol. The summed E-state index contributed by atoms with van der Waals surface area (Å²) < 4.78 is 15.6. The maximum Gasteiger partial charge on any atom is 0.330 e. The molecule has 0 aliphatic carbocycles. The maximum atomic E-state index is 13.3. The summed E-state index contributed by atoms with van der Waals surface area (Å²) in [5, 5.41) is 2.23. The molecular formula is C25H28N2O6S. The van der Waals surface area contributed by atoms with Crippen molar-refractivity contribution in [2.45, 2.75) is 48.8 Å². The Labute approximate surface area is 202 Å². The van der Waals surface area contributed by atoms with Crippen molar-refractivity contribution in [3.8, 4) is 5.75 Å². The molecule has 2 aromatic carbocycles. The van der Waals surface area contributed by atoms with E-state index >= 15 is 0 Å². The van der Waals surface area contributed by atoms with Crippen molar-refractivity contribution in [1.82, 2.24) is 10.2 Å². The Bertz CT molecular complexity index is 1070. The largest absolute Gasteiger partial charge is 0.497 e. The third-order valence-electron chi connectivity index (χ3n) is 6.12. The minimum atomic E-state index is -1.52. The lowest BCUT2D eigenvalue weighted by atomic mass is 9.93. The van der Waals surface area contributed by atoms with Gasteiger partial charge in [-0.25, -0.2) is 4.79 Å². The zero-order valence-corrected chi connectivity index (χ0v) is 20.4. The number of hydrogen-bond donors (Lipinski definition) is 1. The summed E-state index contributed by atoms with van der Waals surface area (Å²) in [6.45, 7) is 3.85. The van der Waals surface area contributed by atoms with Crippen molar-refractivity contribution in [1.29, 1.82) is 0 Å². The molecule has 8 nitrogen and oxygen atoms in total. The smallest absolute Gasteiger partial charge is 0.330 e. The van der Waals surface area contributed by atoms with Crippen molar-refractivity contribution >= 4 is 29.5 Å². The number of thioether (sulfide) groups is 1. The average molecular weight is 485 g/mol. The van der Waals surface area contributed by atoms with Gasteiger partial charge in [-0.3, -0.25) is 9.59 Å². The standard InChI is InChI=1S/C25H28N2O6S/c1-24(2)20(21(29)33-15-17-10-12-18(31-3)13-11-17)27-22(30)25(32-4,23(27)34-24)26-19(28)14-16-8-6-5-7-9-16/h5-13,20,23H,14-15H2,1-4H3,(H,26,28)/t20-,23+,25-/m0/s1. The summed E-state index contributed by atoms with van der Waals surface area (Å²) in [6, 6.07) is 15.7. The van der Waals surface area contributed by atoms with Gasteiger partial charge in [0.2, 0.25) is 5.91 Å². The lowest BCUT2D eigenvalue weighted by Crippen LogP contribution is -2.80. The molecule has 2 aliphatic heterocycles. The Morgan fingerprint density at radius 1 is 1.03 bits per heavy atom. The molecule has 1 N–H and O–H groups in total. The summed E-state index contributed by atoms with van der Waals surface area (Å²) in [6.07, 6.45) is 0.118. The van der Waals surface area contributed by atoms with Crippen LogP contribution in [0.25, 0.3) is 0 Å². The van der Waals surface area contributed by atoms with Crippen molar-refractivity contribution in [2.24, 2.45) is 0 Å². The van der Waals surface area contributed by atoms with Crippen LogP contribution in [0.4, 0.5) is 0 Å². The van der Waals surface area contributed by atoms with Crippen LogP contribution in [0.5, 0.6) is 5.75 Å². The quantitative estimate of drug-likeness (QED) is 0.350. The first-order valence-electron chi connectivity index (χ1n) is 10.9. The number of fused-ring (bicyclic) bond motifs is 1. The Kier molecular flexibility index (Phi) is 6.60. The number of esters is 1. The van der Waals surface area contributed by atoms with Crippen LogP contribution in [0, 0.1) is 0 Å². The maximum absolute atomic E-state index is 13.3. The van der Waals surface area contributed by atoms with Crippen LogP contribution in [-0.2, 0) is 36.9 Å².